The molecule has 0 bridgehead atoms. The number of anilines is 1. The molecule has 8 nitrogen and oxygen atoms in total. The van der Waals surface area contributed by atoms with E-state index in [1.165, 1.54) is 0 Å². The van der Waals surface area contributed by atoms with Crippen LogP contribution in [0.3, 0.4) is 0 Å². The third-order valence-electron chi connectivity index (χ3n) is 2.78. The smallest absolute Gasteiger partial charge is 0.258 e. The van der Waals surface area contributed by atoms with Crippen molar-refractivity contribution in [2.24, 2.45) is 0 Å². The van der Waals surface area contributed by atoms with E-state index in [9.17, 15) is 13.2 Å². The van der Waals surface area contributed by atoms with E-state index in [4.69, 9.17) is 4.74 Å². The van der Waals surface area contributed by atoms with Crippen LogP contribution in [0.5, 0.6) is 5.75 Å². The fourth-order valence-corrected chi connectivity index (χ4v) is 2.21. The minimum absolute atomic E-state index is 0.100. The molecular weight excluding hydrogens is 308 g/mol. The summed E-state index contributed by atoms with van der Waals surface area (Å²) in [6.45, 7) is 4.25. The fourth-order valence-electron chi connectivity index (χ4n) is 1.75. The van der Waals surface area contributed by atoms with Crippen LogP contribution in [-0.4, -0.2) is 42.4 Å². The number of hydrogen-bond donors (Lipinski definition) is 2. The van der Waals surface area contributed by atoms with Gasteiger partial charge in [-0.1, -0.05) is 0 Å². The van der Waals surface area contributed by atoms with Crippen molar-refractivity contribution >= 4 is 21.7 Å². The molecule has 1 heterocycles. The number of nitrogens with one attached hydrogen (secondary N) is 2. The second-order valence-electron chi connectivity index (χ2n) is 4.60. The lowest BCUT2D eigenvalue weighted by molar-refractivity contribution is 0.102. The number of carbonyl (C=O) groups is 1. The van der Waals surface area contributed by atoms with Crippen molar-refractivity contribution < 1.29 is 17.9 Å². The van der Waals surface area contributed by atoms with Crippen LogP contribution in [0.2, 0.25) is 0 Å². The predicted octanol–water partition coefficient (Wildman–Crippen LogP) is 1.17. The fraction of sp³-hybridized carbons (Fsp3) is 0.308. The van der Waals surface area contributed by atoms with Gasteiger partial charge in [-0.2, -0.15) is 4.98 Å². The zero-order chi connectivity index (χ0) is 16.3. The summed E-state index contributed by atoms with van der Waals surface area (Å²) in [5.41, 5.74) is 1.22. The summed E-state index contributed by atoms with van der Waals surface area (Å²) in [5.74, 6) is 0.165. The maximum absolute atomic E-state index is 12.1. The van der Waals surface area contributed by atoms with Gasteiger partial charge in [-0.25, -0.2) is 13.5 Å². The quantitative estimate of drug-likeness (QED) is 0.853. The molecule has 9 heteroatoms. The van der Waals surface area contributed by atoms with Gasteiger partial charge in [-0.15, -0.1) is 5.10 Å². The van der Waals surface area contributed by atoms with Gasteiger partial charge in [-0.3, -0.25) is 10.1 Å². The number of carbonyl (C=O) groups excluding carboxylic acids is 1. The molecule has 0 radical (unpaired) electrons. The second-order valence-corrected chi connectivity index (χ2v) is 6.53. The third kappa shape index (κ3) is 3.61. The minimum atomic E-state index is -3.50. The van der Waals surface area contributed by atoms with Gasteiger partial charge in [0.2, 0.25) is 20.9 Å². The number of H-pyrrole nitrogens is 1. The normalized spacial score (nSPS) is 11.2. The Kier molecular flexibility index (Phi) is 4.45. The first-order valence-corrected chi connectivity index (χ1v) is 8.37. The first-order valence-electron chi connectivity index (χ1n) is 6.48. The van der Waals surface area contributed by atoms with Gasteiger partial charge in [0.15, 0.2) is 0 Å². The van der Waals surface area contributed by atoms with Crippen LogP contribution in [0.15, 0.2) is 23.4 Å². The third-order valence-corrected chi connectivity index (χ3v) is 3.66. The Labute approximate surface area is 127 Å². The number of nitrogens with zero attached hydrogens (tertiary/aromatic N) is 2. The Balaban J connectivity index is 2.15. The highest BCUT2D eigenvalue weighted by atomic mass is 32.2. The van der Waals surface area contributed by atoms with E-state index in [1.54, 1.807) is 18.2 Å². The van der Waals surface area contributed by atoms with E-state index < -0.39 is 15.7 Å². The van der Waals surface area contributed by atoms with Gasteiger partial charge in [0.25, 0.3) is 5.91 Å². The number of benzene rings is 1. The lowest BCUT2D eigenvalue weighted by Gasteiger charge is -2.08. The summed E-state index contributed by atoms with van der Waals surface area (Å²) < 4.78 is 28.0. The van der Waals surface area contributed by atoms with Crippen LogP contribution in [0.4, 0.5) is 5.95 Å². The van der Waals surface area contributed by atoms with Gasteiger partial charge < -0.3 is 4.74 Å². The van der Waals surface area contributed by atoms with E-state index in [-0.39, 0.29) is 11.1 Å². The second kappa shape index (κ2) is 6.14. The van der Waals surface area contributed by atoms with E-state index in [1.807, 2.05) is 13.8 Å². The summed E-state index contributed by atoms with van der Waals surface area (Å²) >= 11 is 0. The van der Waals surface area contributed by atoms with Crippen LogP contribution < -0.4 is 10.1 Å². The van der Waals surface area contributed by atoms with E-state index >= 15 is 0 Å². The van der Waals surface area contributed by atoms with E-state index in [2.05, 4.69) is 20.5 Å². The topological polar surface area (TPSA) is 114 Å². The molecule has 0 saturated heterocycles. The van der Waals surface area contributed by atoms with Crippen molar-refractivity contribution in [3.05, 3.63) is 29.3 Å². The zero-order valence-electron chi connectivity index (χ0n) is 12.4. The van der Waals surface area contributed by atoms with Crippen LogP contribution in [0, 0.1) is 6.92 Å². The number of amides is 1. The maximum atomic E-state index is 12.1. The van der Waals surface area contributed by atoms with Crippen molar-refractivity contribution in [3.63, 3.8) is 0 Å². The molecule has 0 aliphatic rings. The standard InChI is InChI=1S/C13H16N4O4S/c1-4-21-10-6-5-9(7-8(10)2)11(18)14-12-15-13(17-16-12)22(3,19)20/h5-7H,4H2,1-3H3,(H2,14,15,16,17,18). The zero-order valence-corrected chi connectivity index (χ0v) is 13.2. The molecule has 0 saturated carbocycles. The molecule has 0 aliphatic heterocycles. The van der Waals surface area contributed by atoms with Gasteiger partial charge in [-0.05, 0) is 37.6 Å². The highest BCUT2D eigenvalue weighted by molar-refractivity contribution is 7.90. The van der Waals surface area contributed by atoms with E-state index in [0.717, 1.165) is 11.8 Å². The Morgan fingerprint density at radius 1 is 1.41 bits per heavy atom. The number of hydrogen-bond acceptors (Lipinski definition) is 6. The molecule has 1 aromatic carbocycles. The molecule has 22 heavy (non-hydrogen) atoms. The van der Waals surface area contributed by atoms with Crippen molar-refractivity contribution in [2.45, 2.75) is 19.0 Å². The molecule has 0 spiro atoms. The Morgan fingerprint density at radius 2 is 2.14 bits per heavy atom. The van der Waals surface area contributed by atoms with Gasteiger partial charge >= 0.3 is 0 Å². The SMILES string of the molecule is CCOc1ccc(C(=O)Nc2n[nH]c(S(C)(=O)=O)n2)cc1C. The Morgan fingerprint density at radius 3 is 2.68 bits per heavy atom. The largest absolute Gasteiger partial charge is 0.494 e. The number of sulfone groups is 1. The molecule has 0 fully saturated rings. The lowest BCUT2D eigenvalue weighted by Crippen LogP contribution is -2.13. The highest BCUT2D eigenvalue weighted by Crippen LogP contribution is 2.19. The van der Waals surface area contributed by atoms with E-state index in [0.29, 0.717) is 17.9 Å². The van der Waals surface area contributed by atoms with Gasteiger partial charge in [0, 0.05) is 11.8 Å². The van der Waals surface area contributed by atoms with Crippen LogP contribution in [0.1, 0.15) is 22.8 Å². The van der Waals surface area contributed by atoms with Gasteiger partial charge in [0.1, 0.15) is 5.75 Å². The monoisotopic (exact) mass is 324 g/mol. The van der Waals surface area contributed by atoms with Crippen molar-refractivity contribution in [1.29, 1.82) is 0 Å². The number of rotatable bonds is 5. The molecule has 0 aliphatic carbocycles. The summed E-state index contributed by atoms with van der Waals surface area (Å²) in [6, 6.07) is 4.98. The molecule has 0 atom stereocenters. The summed E-state index contributed by atoms with van der Waals surface area (Å²) in [7, 11) is -3.50. The summed E-state index contributed by atoms with van der Waals surface area (Å²) in [5, 5.41) is 8.03. The molecule has 2 N–H and O–H groups in total. The van der Waals surface area contributed by atoms with Crippen LogP contribution >= 0.6 is 0 Å². The van der Waals surface area contributed by atoms with Crippen LogP contribution in [0.25, 0.3) is 0 Å². The first-order chi connectivity index (χ1) is 10.3. The molecule has 2 rings (SSSR count). The van der Waals surface area contributed by atoms with Crippen LogP contribution in [-0.2, 0) is 9.84 Å². The first kappa shape index (κ1) is 16.0. The average Bonchev–Trinajstić information content (AvgIpc) is 2.89. The summed E-state index contributed by atoms with van der Waals surface area (Å²) in [6.07, 6.45) is 0.995. The molecule has 118 valence electrons. The van der Waals surface area contributed by atoms with Crippen molar-refractivity contribution in [1.82, 2.24) is 15.2 Å². The van der Waals surface area contributed by atoms with Gasteiger partial charge in [0.05, 0.1) is 6.61 Å². The number of aromatic amines is 1. The summed E-state index contributed by atoms with van der Waals surface area (Å²) in [4.78, 5) is 15.8. The van der Waals surface area contributed by atoms with Crippen molar-refractivity contribution in [3.8, 4) is 5.75 Å². The Bertz CT molecular complexity index is 798. The average molecular weight is 324 g/mol. The molecule has 1 amide bonds. The Hall–Kier alpha value is -2.42. The lowest BCUT2D eigenvalue weighted by atomic mass is 10.1. The van der Waals surface area contributed by atoms with Crippen molar-refractivity contribution in [2.75, 3.05) is 18.2 Å². The molecule has 0 unspecified atom stereocenters. The minimum Gasteiger partial charge on any atom is -0.494 e. The molecular formula is C13H16N4O4S. The number of aromatic nitrogens is 3. The number of ether oxygens (including phenoxy) is 1. The molecule has 2 aromatic rings. The maximum Gasteiger partial charge on any atom is 0.258 e. The number of aryl methyl sites for hydroxylation is 1. The molecule has 1 aromatic heterocycles. The predicted molar refractivity (Wildman–Crippen MR) is 79.8 cm³/mol. The highest BCUT2D eigenvalue weighted by Gasteiger charge is 2.16.